The van der Waals surface area contributed by atoms with Gasteiger partial charge in [0.2, 0.25) is 5.91 Å². The summed E-state index contributed by atoms with van der Waals surface area (Å²) in [4.78, 5) is 16.5. The van der Waals surface area contributed by atoms with E-state index in [9.17, 15) is 4.79 Å². The number of likely N-dealkylation sites (N-methyl/N-ethyl adjacent to an activating group) is 2. The van der Waals surface area contributed by atoms with Crippen molar-refractivity contribution in [2.24, 2.45) is 0 Å². The molecule has 0 unspecified atom stereocenters. The molecule has 1 saturated heterocycles. The molecule has 1 aromatic rings. The second-order valence-corrected chi connectivity index (χ2v) is 5.67. The monoisotopic (exact) mass is 279 g/mol. The molecular weight excluding hydrogens is 254 g/mol. The van der Waals surface area contributed by atoms with Gasteiger partial charge in [0.1, 0.15) is 0 Å². The molecule has 1 aliphatic rings. The third-order valence-corrected chi connectivity index (χ3v) is 3.84. The number of aryl methyl sites for hydroxylation is 1. The van der Waals surface area contributed by atoms with Crippen molar-refractivity contribution in [2.45, 2.75) is 25.9 Å². The molecule has 0 aliphatic carbocycles. The summed E-state index contributed by atoms with van der Waals surface area (Å²) < 4.78 is 1.86. The van der Waals surface area contributed by atoms with Crippen LogP contribution in [0.25, 0.3) is 0 Å². The van der Waals surface area contributed by atoms with Gasteiger partial charge in [-0.1, -0.05) is 0 Å². The number of nitrogens with one attached hydrogen (secondary N) is 1. The normalized spacial score (nSPS) is 21.1. The first-order chi connectivity index (χ1) is 9.54. The second-order valence-electron chi connectivity index (χ2n) is 5.67. The average molecular weight is 279 g/mol. The second kappa shape index (κ2) is 6.85. The highest BCUT2D eigenvalue weighted by atomic mass is 16.1. The fourth-order valence-electron chi connectivity index (χ4n) is 2.51. The Morgan fingerprint density at radius 3 is 2.95 bits per heavy atom. The molecule has 0 aromatic carbocycles. The zero-order chi connectivity index (χ0) is 14.5. The van der Waals surface area contributed by atoms with Gasteiger partial charge in [-0.05, 0) is 27.1 Å². The molecule has 112 valence electrons. The van der Waals surface area contributed by atoms with Gasteiger partial charge in [-0.3, -0.25) is 9.48 Å². The van der Waals surface area contributed by atoms with Crippen LogP contribution in [0.15, 0.2) is 12.3 Å². The van der Waals surface area contributed by atoms with Gasteiger partial charge in [0.25, 0.3) is 0 Å². The van der Waals surface area contributed by atoms with Gasteiger partial charge >= 0.3 is 0 Å². The Kier molecular flexibility index (Phi) is 5.14. The van der Waals surface area contributed by atoms with Gasteiger partial charge in [-0.15, -0.1) is 0 Å². The molecule has 0 spiro atoms. The van der Waals surface area contributed by atoms with Gasteiger partial charge in [0.15, 0.2) is 0 Å². The lowest BCUT2D eigenvalue weighted by atomic mass is 10.1. The van der Waals surface area contributed by atoms with Crippen molar-refractivity contribution < 1.29 is 4.79 Å². The number of hydrogen-bond donors (Lipinski definition) is 1. The van der Waals surface area contributed by atoms with Crippen LogP contribution in [0.1, 0.15) is 12.1 Å². The Morgan fingerprint density at radius 2 is 2.25 bits per heavy atom. The zero-order valence-corrected chi connectivity index (χ0v) is 12.7. The van der Waals surface area contributed by atoms with Gasteiger partial charge < -0.3 is 15.1 Å². The summed E-state index contributed by atoms with van der Waals surface area (Å²) in [5.74, 6) is 0.126. The topological polar surface area (TPSA) is 53.4 Å². The Balaban J connectivity index is 1.69. The fraction of sp³-hybridized carbons (Fsp3) is 0.714. The maximum absolute atomic E-state index is 12.0. The predicted octanol–water partition coefficient (Wildman–Crippen LogP) is -0.0564. The lowest BCUT2D eigenvalue weighted by Crippen LogP contribution is -2.51. The van der Waals surface area contributed by atoms with Crippen LogP contribution in [-0.4, -0.2) is 71.8 Å². The van der Waals surface area contributed by atoms with Crippen molar-refractivity contribution in [1.29, 1.82) is 0 Å². The number of aromatic nitrogens is 2. The van der Waals surface area contributed by atoms with E-state index in [1.807, 2.05) is 23.9 Å². The summed E-state index contributed by atoms with van der Waals surface area (Å²) >= 11 is 0. The van der Waals surface area contributed by atoms with Crippen LogP contribution >= 0.6 is 0 Å². The molecule has 2 rings (SSSR count). The van der Waals surface area contributed by atoms with E-state index >= 15 is 0 Å². The smallest absolute Gasteiger partial charge is 0.221 e. The van der Waals surface area contributed by atoms with Gasteiger partial charge in [-0.2, -0.15) is 5.10 Å². The first-order valence-corrected chi connectivity index (χ1v) is 7.20. The minimum absolute atomic E-state index is 0.126. The van der Waals surface area contributed by atoms with E-state index in [4.69, 9.17) is 0 Å². The van der Waals surface area contributed by atoms with E-state index in [0.29, 0.717) is 19.0 Å². The quantitative estimate of drug-likeness (QED) is 0.821. The number of piperazine rings is 1. The molecule has 0 saturated carbocycles. The summed E-state index contributed by atoms with van der Waals surface area (Å²) in [5, 5.41) is 7.27. The average Bonchev–Trinajstić information content (AvgIpc) is 2.80. The van der Waals surface area contributed by atoms with Crippen LogP contribution in [0.4, 0.5) is 0 Å². The van der Waals surface area contributed by atoms with E-state index in [1.165, 1.54) is 0 Å². The van der Waals surface area contributed by atoms with Crippen LogP contribution in [0, 0.1) is 6.92 Å². The Bertz CT molecular complexity index is 445. The van der Waals surface area contributed by atoms with Crippen molar-refractivity contribution in [3.05, 3.63) is 18.0 Å². The largest absolute Gasteiger partial charge is 0.354 e. The lowest BCUT2D eigenvalue weighted by Gasteiger charge is -2.37. The van der Waals surface area contributed by atoms with Crippen LogP contribution in [-0.2, 0) is 11.3 Å². The molecule has 1 fully saturated rings. The van der Waals surface area contributed by atoms with E-state index in [1.54, 1.807) is 0 Å². The summed E-state index contributed by atoms with van der Waals surface area (Å²) in [6.07, 6.45) is 2.50. The summed E-state index contributed by atoms with van der Waals surface area (Å²) in [5.41, 5.74) is 1.00. The fourth-order valence-corrected chi connectivity index (χ4v) is 2.51. The molecule has 0 radical (unpaired) electrons. The molecule has 20 heavy (non-hydrogen) atoms. The zero-order valence-electron chi connectivity index (χ0n) is 12.7. The van der Waals surface area contributed by atoms with Gasteiger partial charge in [0.05, 0.1) is 12.2 Å². The van der Waals surface area contributed by atoms with E-state index < -0.39 is 0 Å². The van der Waals surface area contributed by atoms with Crippen molar-refractivity contribution in [2.75, 3.05) is 40.3 Å². The molecule has 0 bridgehead atoms. The van der Waals surface area contributed by atoms with Crippen molar-refractivity contribution in [1.82, 2.24) is 24.9 Å². The van der Waals surface area contributed by atoms with Crippen molar-refractivity contribution in [3.8, 4) is 0 Å². The van der Waals surface area contributed by atoms with E-state index in [-0.39, 0.29) is 5.91 Å². The predicted molar refractivity (Wildman–Crippen MR) is 78.5 cm³/mol. The third kappa shape index (κ3) is 4.31. The molecule has 1 aromatic heterocycles. The first-order valence-electron chi connectivity index (χ1n) is 7.20. The van der Waals surface area contributed by atoms with Gasteiger partial charge in [-0.25, -0.2) is 0 Å². The van der Waals surface area contributed by atoms with Crippen LogP contribution < -0.4 is 5.32 Å². The molecule has 1 N–H and O–H groups in total. The number of nitrogens with zero attached hydrogens (tertiary/aromatic N) is 4. The van der Waals surface area contributed by atoms with Crippen LogP contribution in [0.3, 0.4) is 0 Å². The van der Waals surface area contributed by atoms with Gasteiger partial charge in [0, 0.05) is 44.8 Å². The maximum atomic E-state index is 12.0. The van der Waals surface area contributed by atoms with E-state index in [2.05, 4.69) is 34.3 Å². The third-order valence-electron chi connectivity index (χ3n) is 3.84. The standard InChI is InChI=1S/C14H25N5O/c1-12-4-6-19(16-12)7-5-15-14(20)10-13-11-17(2)8-9-18(13)3/h4,6,13H,5,7-11H2,1-3H3,(H,15,20)/t13-/m0/s1. The highest BCUT2D eigenvalue weighted by Gasteiger charge is 2.24. The molecule has 1 amide bonds. The SMILES string of the molecule is Cc1ccn(CCNC(=O)C[C@H]2CN(C)CCN2C)n1. The maximum Gasteiger partial charge on any atom is 0.221 e. The minimum Gasteiger partial charge on any atom is -0.354 e. The Hall–Kier alpha value is -1.40. The molecule has 1 aliphatic heterocycles. The van der Waals surface area contributed by atoms with E-state index in [0.717, 1.165) is 31.9 Å². The number of amides is 1. The van der Waals surface area contributed by atoms with Crippen LogP contribution in [0.5, 0.6) is 0 Å². The van der Waals surface area contributed by atoms with Crippen LogP contribution in [0.2, 0.25) is 0 Å². The van der Waals surface area contributed by atoms with Crippen molar-refractivity contribution in [3.63, 3.8) is 0 Å². The number of hydrogen-bond acceptors (Lipinski definition) is 4. The lowest BCUT2D eigenvalue weighted by molar-refractivity contribution is -0.122. The molecule has 2 heterocycles. The number of carbonyl (C=O) groups excluding carboxylic acids is 1. The molecule has 1 atom stereocenters. The minimum atomic E-state index is 0.126. The summed E-state index contributed by atoms with van der Waals surface area (Å²) in [7, 11) is 4.20. The molecule has 6 nitrogen and oxygen atoms in total. The molecular formula is C14H25N5O. The highest BCUT2D eigenvalue weighted by molar-refractivity contribution is 5.76. The summed E-state index contributed by atoms with van der Waals surface area (Å²) in [6.45, 7) is 6.38. The number of rotatable bonds is 5. The number of carbonyl (C=O) groups is 1. The first kappa shape index (κ1) is 15.0. The molecule has 6 heteroatoms. The van der Waals surface area contributed by atoms with Crippen molar-refractivity contribution >= 4 is 5.91 Å². The Labute approximate surface area is 120 Å². The Morgan fingerprint density at radius 1 is 1.45 bits per heavy atom. The summed E-state index contributed by atoms with van der Waals surface area (Å²) in [6, 6.07) is 2.29. The highest BCUT2D eigenvalue weighted by Crippen LogP contribution is 2.09.